The van der Waals surface area contributed by atoms with E-state index in [1.54, 1.807) is 35.8 Å². The van der Waals surface area contributed by atoms with Gasteiger partial charge in [-0.05, 0) is 49.7 Å². The SMILES string of the molecule is CCCn1c(S[C@@H](C)C(=O)Nc2ccc(Oc3ccccc3)cc2)n[nH]c1=O. The van der Waals surface area contributed by atoms with Crippen molar-refractivity contribution >= 4 is 23.4 Å². The average molecular weight is 398 g/mol. The van der Waals surface area contributed by atoms with E-state index in [1.165, 1.54) is 11.8 Å². The van der Waals surface area contributed by atoms with Gasteiger partial charge in [0.25, 0.3) is 0 Å². The Morgan fingerprint density at radius 2 is 1.86 bits per heavy atom. The highest BCUT2D eigenvalue weighted by Crippen LogP contribution is 2.24. The van der Waals surface area contributed by atoms with E-state index in [0.29, 0.717) is 23.1 Å². The molecule has 0 saturated carbocycles. The number of hydrogen-bond donors (Lipinski definition) is 2. The van der Waals surface area contributed by atoms with Gasteiger partial charge in [-0.3, -0.25) is 9.36 Å². The van der Waals surface area contributed by atoms with Gasteiger partial charge in [-0.15, -0.1) is 5.10 Å². The molecule has 1 aromatic heterocycles. The fourth-order valence-electron chi connectivity index (χ4n) is 2.50. The van der Waals surface area contributed by atoms with Crippen LogP contribution >= 0.6 is 11.8 Å². The van der Waals surface area contributed by atoms with Crippen LogP contribution in [0.2, 0.25) is 0 Å². The highest BCUT2D eigenvalue weighted by molar-refractivity contribution is 8.00. The Labute approximate surface area is 167 Å². The molecule has 0 bridgehead atoms. The summed E-state index contributed by atoms with van der Waals surface area (Å²) in [4.78, 5) is 24.2. The highest BCUT2D eigenvalue weighted by atomic mass is 32.2. The molecular formula is C20H22N4O3S. The number of thioether (sulfide) groups is 1. The third-order valence-electron chi connectivity index (χ3n) is 3.92. The molecule has 7 nitrogen and oxygen atoms in total. The number of carbonyl (C=O) groups excluding carboxylic acids is 1. The number of hydrogen-bond acceptors (Lipinski definition) is 5. The van der Waals surface area contributed by atoms with Crippen molar-refractivity contribution in [2.45, 2.75) is 37.2 Å². The minimum atomic E-state index is -0.411. The smallest absolute Gasteiger partial charge is 0.343 e. The third-order valence-corrected chi connectivity index (χ3v) is 5.01. The van der Waals surface area contributed by atoms with Crippen LogP contribution in [-0.2, 0) is 11.3 Å². The Balaban J connectivity index is 1.59. The van der Waals surface area contributed by atoms with Gasteiger partial charge in [0.05, 0.1) is 5.25 Å². The summed E-state index contributed by atoms with van der Waals surface area (Å²) in [7, 11) is 0. The molecule has 0 aliphatic heterocycles. The van der Waals surface area contributed by atoms with Crippen LogP contribution in [0.1, 0.15) is 20.3 Å². The molecule has 3 aromatic rings. The molecule has 0 fully saturated rings. The van der Waals surface area contributed by atoms with Gasteiger partial charge >= 0.3 is 5.69 Å². The Morgan fingerprint density at radius 1 is 1.18 bits per heavy atom. The first-order valence-electron chi connectivity index (χ1n) is 9.02. The number of ether oxygens (including phenoxy) is 1. The van der Waals surface area contributed by atoms with Crippen LogP contribution in [-0.4, -0.2) is 25.9 Å². The first kappa shape index (κ1) is 19.8. The van der Waals surface area contributed by atoms with Gasteiger partial charge in [0.1, 0.15) is 11.5 Å². The monoisotopic (exact) mass is 398 g/mol. The first-order valence-corrected chi connectivity index (χ1v) is 9.90. The number of H-pyrrole nitrogens is 1. The molecule has 0 unspecified atom stereocenters. The Morgan fingerprint density at radius 3 is 2.54 bits per heavy atom. The van der Waals surface area contributed by atoms with Crippen molar-refractivity contribution in [1.82, 2.24) is 14.8 Å². The molecule has 146 valence electrons. The summed E-state index contributed by atoms with van der Waals surface area (Å²) in [6, 6.07) is 16.7. The molecular weight excluding hydrogens is 376 g/mol. The fraction of sp³-hybridized carbons (Fsp3) is 0.250. The zero-order valence-electron chi connectivity index (χ0n) is 15.7. The van der Waals surface area contributed by atoms with Crippen molar-refractivity contribution in [3.63, 3.8) is 0 Å². The summed E-state index contributed by atoms with van der Waals surface area (Å²) in [5.74, 6) is 1.27. The predicted octanol–water partition coefficient (Wildman–Crippen LogP) is 3.89. The molecule has 1 heterocycles. The highest BCUT2D eigenvalue weighted by Gasteiger charge is 2.19. The Hall–Kier alpha value is -3.00. The Bertz CT molecular complexity index is 967. The van der Waals surface area contributed by atoms with Crippen molar-refractivity contribution in [2.24, 2.45) is 0 Å². The number of anilines is 1. The topological polar surface area (TPSA) is 89.0 Å². The number of amides is 1. The summed E-state index contributed by atoms with van der Waals surface area (Å²) in [5.41, 5.74) is 0.414. The number of carbonyl (C=O) groups is 1. The van der Waals surface area contributed by atoms with Gasteiger partial charge in [-0.2, -0.15) is 0 Å². The zero-order chi connectivity index (χ0) is 19.9. The van der Waals surface area contributed by atoms with E-state index in [0.717, 1.165) is 12.2 Å². The average Bonchev–Trinajstić information content (AvgIpc) is 3.04. The number of para-hydroxylation sites is 1. The minimum Gasteiger partial charge on any atom is -0.457 e. The van der Waals surface area contributed by atoms with E-state index in [9.17, 15) is 9.59 Å². The minimum absolute atomic E-state index is 0.166. The second-order valence-electron chi connectivity index (χ2n) is 6.15. The van der Waals surface area contributed by atoms with E-state index < -0.39 is 5.25 Å². The van der Waals surface area contributed by atoms with Gasteiger partial charge in [-0.1, -0.05) is 36.9 Å². The van der Waals surface area contributed by atoms with E-state index >= 15 is 0 Å². The van der Waals surface area contributed by atoms with Crippen molar-refractivity contribution in [3.05, 3.63) is 65.1 Å². The van der Waals surface area contributed by atoms with Crippen LogP contribution in [0.3, 0.4) is 0 Å². The van der Waals surface area contributed by atoms with Crippen LogP contribution in [0.15, 0.2) is 64.5 Å². The molecule has 0 saturated heterocycles. The Kier molecular flexibility index (Phi) is 6.54. The number of aromatic nitrogens is 3. The molecule has 0 radical (unpaired) electrons. The van der Waals surface area contributed by atoms with E-state index in [2.05, 4.69) is 15.5 Å². The molecule has 2 N–H and O–H groups in total. The van der Waals surface area contributed by atoms with E-state index in [1.807, 2.05) is 37.3 Å². The lowest BCUT2D eigenvalue weighted by atomic mass is 10.3. The van der Waals surface area contributed by atoms with Crippen LogP contribution in [0.5, 0.6) is 11.5 Å². The van der Waals surface area contributed by atoms with E-state index in [-0.39, 0.29) is 11.6 Å². The maximum Gasteiger partial charge on any atom is 0.343 e. The number of rotatable bonds is 8. The number of benzene rings is 2. The quantitative estimate of drug-likeness (QED) is 0.562. The molecule has 0 aliphatic rings. The normalized spacial score (nSPS) is 11.8. The molecule has 0 spiro atoms. The van der Waals surface area contributed by atoms with Gasteiger partial charge in [0.2, 0.25) is 5.91 Å². The second-order valence-corrected chi connectivity index (χ2v) is 7.46. The first-order chi connectivity index (χ1) is 13.6. The lowest BCUT2D eigenvalue weighted by molar-refractivity contribution is -0.115. The molecule has 0 aliphatic carbocycles. The fourth-order valence-corrected chi connectivity index (χ4v) is 3.38. The second kappa shape index (κ2) is 9.27. The van der Waals surface area contributed by atoms with Crippen molar-refractivity contribution in [1.29, 1.82) is 0 Å². The zero-order valence-corrected chi connectivity index (χ0v) is 16.5. The van der Waals surface area contributed by atoms with Crippen molar-refractivity contribution < 1.29 is 9.53 Å². The third kappa shape index (κ3) is 5.04. The van der Waals surface area contributed by atoms with Crippen LogP contribution in [0, 0.1) is 0 Å². The van der Waals surface area contributed by atoms with Crippen molar-refractivity contribution in [3.8, 4) is 11.5 Å². The summed E-state index contributed by atoms with van der Waals surface area (Å²) in [6.45, 7) is 4.33. The van der Waals surface area contributed by atoms with Crippen LogP contribution < -0.4 is 15.7 Å². The van der Waals surface area contributed by atoms with Crippen LogP contribution in [0.25, 0.3) is 0 Å². The largest absolute Gasteiger partial charge is 0.457 e. The number of nitrogens with one attached hydrogen (secondary N) is 2. The number of aromatic amines is 1. The summed E-state index contributed by atoms with van der Waals surface area (Å²) in [6.07, 6.45) is 0.810. The summed E-state index contributed by atoms with van der Waals surface area (Å²) in [5, 5.41) is 9.41. The molecule has 1 atom stereocenters. The number of nitrogens with zero attached hydrogens (tertiary/aromatic N) is 2. The van der Waals surface area contributed by atoms with Crippen molar-refractivity contribution in [2.75, 3.05) is 5.32 Å². The molecule has 2 aromatic carbocycles. The lowest BCUT2D eigenvalue weighted by Gasteiger charge is -2.12. The maximum atomic E-state index is 12.5. The van der Waals surface area contributed by atoms with Gasteiger partial charge < -0.3 is 10.1 Å². The summed E-state index contributed by atoms with van der Waals surface area (Å²) >= 11 is 1.25. The van der Waals surface area contributed by atoms with Gasteiger partial charge in [0.15, 0.2) is 5.16 Å². The molecule has 28 heavy (non-hydrogen) atoms. The van der Waals surface area contributed by atoms with Crippen LogP contribution in [0.4, 0.5) is 5.69 Å². The lowest BCUT2D eigenvalue weighted by Crippen LogP contribution is -2.24. The standard InChI is InChI=1S/C20H22N4O3S/c1-3-13-24-19(26)22-23-20(24)28-14(2)18(25)21-15-9-11-17(12-10-15)27-16-7-5-4-6-8-16/h4-12,14H,3,13H2,1-2H3,(H,21,25)(H,22,26)/t14-/m0/s1. The van der Waals surface area contributed by atoms with Gasteiger partial charge in [-0.25, -0.2) is 9.89 Å². The van der Waals surface area contributed by atoms with Gasteiger partial charge in [0, 0.05) is 12.2 Å². The maximum absolute atomic E-state index is 12.5. The predicted molar refractivity (Wildman–Crippen MR) is 110 cm³/mol. The molecule has 1 amide bonds. The molecule has 3 rings (SSSR count). The van der Waals surface area contributed by atoms with E-state index in [4.69, 9.17) is 4.74 Å². The summed E-state index contributed by atoms with van der Waals surface area (Å²) < 4.78 is 7.29. The molecule has 8 heteroatoms.